The zero-order valence-electron chi connectivity index (χ0n) is 15.0. The van der Waals surface area contributed by atoms with Gasteiger partial charge in [-0.2, -0.15) is 0 Å². The summed E-state index contributed by atoms with van der Waals surface area (Å²) in [5.74, 6) is 1.72. The second-order valence-electron chi connectivity index (χ2n) is 7.40. The number of rotatable bonds is 5. The second-order valence-corrected chi connectivity index (χ2v) is 7.84. The Balaban J connectivity index is 1.39. The van der Waals surface area contributed by atoms with Gasteiger partial charge in [0.15, 0.2) is 0 Å². The maximum Gasteiger partial charge on any atom is 0.257 e. The SMILES string of the molecule is O=C(c1cnc(C2CC2)nc1)N1CCCC(O)(COc2cccc(Cl)c2)C1. The molecule has 2 aromatic rings. The molecule has 1 aliphatic heterocycles. The van der Waals surface area contributed by atoms with Crippen LogP contribution in [0.15, 0.2) is 36.7 Å². The lowest BCUT2D eigenvalue weighted by atomic mass is 9.93. The smallest absolute Gasteiger partial charge is 0.257 e. The zero-order valence-corrected chi connectivity index (χ0v) is 15.7. The molecule has 0 bridgehead atoms. The fourth-order valence-corrected chi connectivity index (χ4v) is 3.54. The highest BCUT2D eigenvalue weighted by molar-refractivity contribution is 6.30. The molecule has 1 aromatic carbocycles. The van der Waals surface area contributed by atoms with Crippen molar-refractivity contribution in [2.45, 2.75) is 37.2 Å². The van der Waals surface area contributed by atoms with Gasteiger partial charge in [-0.3, -0.25) is 4.79 Å². The molecule has 27 heavy (non-hydrogen) atoms. The Morgan fingerprint density at radius 1 is 1.33 bits per heavy atom. The van der Waals surface area contributed by atoms with Gasteiger partial charge in [0, 0.05) is 29.9 Å². The van der Waals surface area contributed by atoms with Crippen LogP contribution in [-0.4, -0.2) is 51.2 Å². The molecular weight excluding hydrogens is 366 g/mol. The number of aliphatic hydroxyl groups is 1. The highest BCUT2D eigenvalue weighted by Crippen LogP contribution is 2.37. The quantitative estimate of drug-likeness (QED) is 0.853. The van der Waals surface area contributed by atoms with Gasteiger partial charge < -0.3 is 14.7 Å². The van der Waals surface area contributed by atoms with Crippen LogP contribution in [0, 0.1) is 0 Å². The van der Waals surface area contributed by atoms with Crippen molar-refractivity contribution in [2.75, 3.05) is 19.7 Å². The third-order valence-corrected chi connectivity index (χ3v) is 5.24. The number of aromatic nitrogens is 2. The summed E-state index contributed by atoms with van der Waals surface area (Å²) in [6.07, 6.45) is 6.73. The molecule has 1 saturated carbocycles. The molecule has 1 N–H and O–H groups in total. The number of piperidine rings is 1. The van der Waals surface area contributed by atoms with Crippen molar-refractivity contribution >= 4 is 17.5 Å². The van der Waals surface area contributed by atoms with Crippen molar-refractivity contribution < 1.29 is 14.6 Å². The van der Waals surface area contributed by atoms with E-state index in [0.717, 1.165) is 18.7 Å². The number of likely N-dealkylation sites (tertiary alicyclic amines) is 1. The molecule has 1 aromatic heterocycles. The fraction of sp³-hybridized carbons (Fsp3) is 0.450. The van der Waals surface area contributed by atoms with Gasteiger partial charge in [0.05, 0.1) is 12.1 Å². The summed E-state index contributed by atoms with van der Waals surface area (Å²) in [6.45, 7) is 0.924. The molecule has 0 radical (unpaired) electrons. The predicted octanol–water partition coefficient (Wildman–Crippen LogP) is 3.05. The summed E-state index contributed by atoms with van der Waals surface area (Å²) >= 11 is 5.96. The minimum absolute atomic E-state index is 0.105. The average Bonchev–Trinajstić information content (AvgIpc) is 3.52. The van der Waals surface area contributed by atoms with E-state index in [1.165, 1.54) is 0 Å². The Labute approximate surface area is 163 Å². The number of ether oxygens (including phenoxy) is 1. The number of carbonyl (C=O) groups is 1. The molecule has 142 valence electrons. The lowest BCUT2D eigenvalue weighted by Crippen LogP contribution is -2.53. The summed E-state index contributed by atoms with van der Waals surface area (Å²) < 4.78 is 5.72. The molecular formula is C20H22ClN3O3. The van der Waals surface area contributed by atoms with E-state index in [4.69, 9.17) is 16.3 Å². The third kappa shape index (κ3) is 4.39. The third-order valence-electron chi connectivity index (χ3n) is 5.01. The standard InChI is InChI=1S/C20H22ClN3O3/c21-16-3-1-4-17(9-16)27-13-20(26)7-2-8-24(12-20)19(25)15-10-22-18(23-11-15)14-5-6-14/h1,3-4,9-11,14,26H,2,5-8,12-13H2. The van der Waals surface area contributed by atoms with Crippen LogP contribution in [0.3, 0.4) is 0 Å². The molecule has 1 unspecified atom stereocenters. The van der Waals surface area contributed by atoms with E-state index in [1.807, 2.05) is 0 Å². The molecule has 6 nitrogen and oxygen atoms in total. The monoisotopic (exact) mass is 387 g/mol. The highest BCUT2D eigenvalue weighted by Gasteiger charge is 2.36. The normalized spacial score (nSPS) is 22.5. The maximum absolute atomic E-state index is 12.8. The van der Waals surface area contributed by atoms with Gasteiger partial charge in [0.2, 0.25) is 0 Å². The van der Waals surface area contributed by atoms with E-state index in [2.05, 4.69) is 9.97 Å². The van der Waals surface area contributed by atoms with E-state index in [-0.39, 0.29) is 19.1 Å². The van der Waals surface area contributed by atoms with Crippen LogP contribution >= 0.6 is 11.6 Å². The summed E-state index contributed by atoms with van der Waals surface area (Å²) in [5.41, 5.74) is -0.634. The van der Waals surface area contributed by atoms with Crippen LogP contribution in [0.5, 0.6) is 5.75 Å². The minimum atomic E-state index is -1.09. The van der Waals surface area contributed by atoms with Crippen LogP contribution in [-0.2, 0) is 0 Å². The lowest BCUT2D eigenvalue weighted by Gasteiger charge is -2.38. The van der Waals surface area contributed by atoms with Gasteiger partial charge >= 0.3 is 0 Å². The highest BCUT2D eigenvalue weighted by atomic mass is 35.5. The van der Waals surface area contributed by atoms with E-state index in [1.54, 1.807) is 41.6 Å². The first kappa shape index (κ1) is 18.2. The Hall–Kier alpha value is -2.18. The van der Waals surface area contributed by atoms with Crippen LogP contribution in [0.25, 0.3) is 0 Å². The van der Waals surface area contributed by atoms with E-state index >= 15 is 0 Å². The van der Waals surface area contributed by atoms with Gasteiger partial charge in [-0.1, -0.05) is 17.7 Å². The molecule has 2 aliphatic rings. The first-order valence-corrected chi connectivity index (χ1v) is 9.62. The predicted molar refractivity (Wildman–Crippen MR) is 101 cm³/mol. The molecule has 1 saturated heterocycles. The molecule has 1 atom stereocenters. The van der Waals surface area contributed by atoms with Crippen molar-refractivity contribution in [1.29, 1.82) is 0 Å². The molecule has 1 amide bonds. The largest absolute Gasteiger partial charge is 0.490 e. The van der Waals surface area contributed by atoms with Crippen LogP contribution in [0.4, 0.5) is 0 Å². The molecule has 1 aliphatic carbocycles. The zero-order chi connectivity index (χ0) is 18.9. The van der Waals surface area contributed by atoms with Gasteiger partial charge in [-0.05, 0) is 43.9 Å². The van der Waals surface area contributed by atoms with Gasteiger partial charge in [0.25, 0.3) is 5.91 Å². The average molecular weight is 388 g/mol. The number of nitrogens with zero attached hydrogens (tertiary/aromatic N) is 3. The lowest BCUT2D eigenvalue weighted by molar-refractivity contribution is -0.0532. The molecule has 4 rings (SSSR count). The molecule has 2 fully saturated rings. The van der Waals surface area contributed by atoms with Gasteiger partial charge in [-0.25, -0.2) is 9.97 Å². The van der Waals surface area contributed by atoms with Crippen molar-refractivity contribution in [1.82, 2.24) is 14.9 Å². The Morgan fingerprint density at radius 2 is 2.11 bits per heavy atom. The number of amides is 1. The number of benzene rings is 1. The van der Waals surface area contributed by atoms with Crippen molar-refractivity contribution in [2.24, 2.45) is 0 Å². The first-order chi connectivity index (χ1) is 13.0. The van der Waals surface area contributed by atoms with Crippen molar-refractivity contribution in [3.63, 3.8) is 0 Å². The van der Waals surface area contributed by atoms with Crippen LogP contribution in [0.1, 0.15) is 47.8 Å². The molecule has 2 heterocycles. The summed E-state index contributed by atoms with van der Waals surface area (Å²) in [5, 5.41) is 11.5. The first-order valence-electron chi connectivity index (χ1n) is 9.24. The summed E-state index contributed by atoms with van der Waals surface area (Å²) in [6, 6.07) is 7.06. The van der Waals surface area contributed by atoms with Gasteiger partial charge in [0.1, 0.15) is 23.8 Å². The van der Waals surface area contributed by atoms with Gasteiger partial charge in [-0.15, -0.1) is 0 Å². The van der Waals surface area contributed by atoms with Crippen molar-refractivity contribution in [3.8, 4) is 5.75 Å². The Morgan fingerprint density at radius 3 is 2.81 bits per heavy atom. The number of hydrogen-bond donors (Lipinski definition) is 1. The second kappa shape index (κ2) is 7.44. The van der Waals surface area contributed by atoms with E-state index < -0.39 is 5.60 Å². The summed E-state index contributed by atoms with van der Waals surface area (Å²) in [4.78, 5) is 23.1. The number of carbonyl (C=O) groups excluding carboxylic acids is 1. The van der Waals surface area contributed by atoms with Crippen LogP contribution < -0.4 is 4.74 Å². The van der Waals surface area contributed by atoms with Crippen LogP contribution in [0.2, 0.25) is 5.02 Å². The summed E-state index contributed by atoms with van der Waals surface area (Å²) in [7, 11) is 0. The molecule has 0 spiro atoms. The number of halogens is 1. The van der Waals surface area contributed by atoms with Crippen molar-refractivity contribution in [3.05, 3.63) is 53.1 Å². The minimum Gasteiger partial charge on any atom is -0.490 e. The van der Waals surface area contributed by atoms with E-state index in [0.29, 0.717) is 41.6 Å². The number of β-amino-alcohol motifs (C(OH)–C–C–N with tert-alkyl or cyclic N) is 1. The molecule has 7 heteroatoms. The van der Waals surface area contributed by atoms with E-state index in [9.17, 15) is 9.90 Å². The Bertz CT molecular complexity index is 825. The fourth-order valence-electron chi connectivity index (χ4n) is 3.36. The Kier molecular flexibility index (Phi) is 5.02. The topological polar surface area (TPSA) is 75.6 Å². The maximum atomic E-state index is 12.8. The number of hydrogen-bond acceptors (Lipinski definition) is 5.